The summed E-state index contributed by atoms with van der Waals surface area (Å²) in [6.45, 7) is 5.94. The van der Waals surface area contributed by atoms with Crippen molar-refractivity contribution >= 4 is 18.0 Å². The summed E-state index contributed by atoms with van der Waals surface area (Å²) in [6, 6.07) is -0.777. The lowest BCUT2D eigenvalue weighted by molar-refractivity contribution is -0.143. The smallest absolute Gasteiger partial charge is 0.320 e. The number of ether oxygens (including phenoxy) is 1. The number of hydrogen-bond acceptors (Lipinski definition) is 5. The zero-order valence-corrected chi connectivity index (χ0v) is 12.5. The summed E-state index contributed by atoms with van der Waals surface area (Å²) in [5, 5.41) is 11.6. The van der Waals surface area contributed by atoms with Gasteiger partial charge in [0.25, 0.3) is 0 Å². The molecule has 120 valence electrons. The number of nitrogens with zero attached hydrogens (tertiary/aromatic N) is 2. The van der Waals surface area contributed by atoms with Gasteiger partial charge in [-0.15, -0.1) is 0 Å². The number of carboxylic acids is 1. The number of urea groups is 1. The quantitative estimate of drug-likeness (QED) is 0.656. The Hall–Kier alpha value is -1.83. The molecule has 0 aromatic rings. The van der Waals surface area contributed by atoms with Crippen LogP contribution in [-0.4, -0.2) is 78.2 Å². The van der Waals surface area contributed by atoms with Gasteiger partial charge in [-0.25, -0.2) is 4.79 Å². The summed E-state index contributed by atoms with van der Waals surface area (Å²) < 4.78 is 4.77. The lowest BCUT2D eigenvalue weighted by Crippen LogP contribution is -2.55. The highest BCUT2D eigenvalue weighted by atomic mass is 16.5. The molecule has 1 aliphatic rings. The predicted octanol–water partition coefficient (Wildman–Crippen LogP) is -0.260. The summed E-state index contributed by atoms with van der Waals surface area (Å²) in [4.78, 5) is 37.3. The molecule has 1 atom stereocenters. The van der Waals surface area contributed by atoms with Crippen molar-refractivity contribution in [2.75, 3.05) is 39.3 Å². The molecular formula is C13H23N3O5. The third kappa shape index (κ3) is 5.58. The van der Waals surface area contributed by atoms with Gasteiger partial charge in [0.1, 0.15) is 6.04 Å². The van der Waals surface area contributed by atoms with Gasteiger partial charge < -0.3 is 20.1 Å². The molecule has 0 aromatic carbocycles. The van der Waals surface area contributed by atoms with E-state index in [-0.39, 0.29) is 25.0 Å². The molecule has 1 aliphatic heterocycles. The number of carboxylic acid groups (broad SMARTS) is 1. The van der Waals surface area contributed by atoms with Crippen LogP contribution in [0, 0.1) is 0 Å². The van der Waals surface area contributed by atoms with Gasteiger partial charge in [0.15, 0.2) is 0 Å². The van der Waals surface area contributed by atoms with E-state index in [4.69, 9.17) is 9.84 Å². The van der Waals surface area contributed by atoms with Crippen molar-refractivity contribution in [2.24, 2.45) is 0 Å². The first-order valence-corrected chi connectivity index (χ1v) is 7.11. The highest BCUT2D eigenvalue weighted by molar-refractivity contribution is 5.76. The second-order valence-electron chi connectivity index (χ2n) is 4.82. The molecule has 8 heteroatoms. The van der Waals surface area contributed by atoms with Gasteiger partial charge in [-0.2, -0.15) is 0 Å². The zero-order chi connectivity index (χ0) is 15.8. The van der Waals surface area contributed by atoms with E-state index < -0.39 is 12.0 Å². The number of rotatable bonds is 6. The molecule has 1 rings (SSSR count). The number of aliphatic carboxylic acids is 1. The fourth-order valence-corrected chi connectivity index (χ4v) is 2.08. The summed E-state index contributed by atoms with van der Waals surface area (Å²) in [5.41, 5.74) is 0. The van der Waals surface area contributed by atoms with E-state index in [9.17, 15) is 14.4 Å². The minimum atomic E-state index is -0.859. The summed E-state index contributed by atoms with van der Waals surface area (Å²) in [5.74, 6) is -1.19. The van der Waals surface area contributed by atoms with Crippen LogP contribution in [-0.2, 0) is 14.3 Å². The number of amides is 2. The van der Waals surface area contributed by atoms with Crippen LogP contribution in [0.25, 0.3) is 0 Å². The number of esters is 1. The highest BCUT2D eigenvalue weighted by Gasteiger charge is 2.26. The van der Waals surface area contributed by atoms with Gasteiger partial charge in [-0.3, -0.25) is 14.5 Å². The number of carbonyl (C=O) groups excluding carboxylic acids is 2. The molecule has 1 saturated heterocycles. The van der Waals surface area contributed by atoms with Crippen molar-refractivity contribution in [2.45, 2.75) is 26.3 Å². The molecule has 0 saturated carbocycles. The number of piperazine rings is 1. The fourth-order valence-electron chi connectivity index (χ4n) is 2.08. The Labute approximate surface area is 124 Å². The van der Waals surface area contributed by atoms with Crippen molar-refractivity contribution in [1.82, 2.24) is 15.1 Å². The van der Waals surface area contributed by atoms with Crippen LogP contribution in [0.15, 0.2) is 0 Å². The van der Waals surface area contributed by atoms with Gasteiger partial charge in [0, 0.05) is 32.7 Å². The minimum Gasteiger partial charge on any atom is -0.480 e. The highest BCUT2D eigenvalue weighted by Crippen LogP contribution is 2.06. The maximum absolute atomic E-state index is 11.9. The van der Waals surface area contributed by atoms with Crippen molar-refractivity contribution in [3.05, 3.63) is 0 Å². The van der Waals surface area contributed by atoms with Gasteiger partial charge in [-0.1, -0.05) is 0 Å². The Morgan fingerprint density at radius 1 is 1.24 bits per heavy atom. The van der Waals surface area contributed by atoms with Crippen molar-refractivity contribution in [3.63, 3.8) is 0 Å². The Kier molecular flexibility index (Phi) is 6.93. The SMILES string of the molecule is CCOC(=O)CCNC(=O)N1CCN(C(C)C(=O)O)CC1. The van der Waals surface area contributed by atoms with Crippen LogP contribution in [0.5, 0.6) is 0 Å². The molecule has 8 nitrogen and oxygen atoms in total. The molecule has 2 amide bonds. The maximum atomic E-state index is 11.9. The number of hydrogen-bond donors (Lipinski definition) is 2. The van der Waals surface area contributed by atoms with Gasteiger partial charge in [0.05, 0.1) is 13.0 Å². The van der Waals surface area contributed by atoms with E-state index in [2.05, 4.69) is 5.32 Å². The standard InChI is InChI=1S/C13H23N3O5/c1-3-21-11(17)4-5-14-13(20)16-8-6-15(7-9-16)10(2)12(18)19/h10H,3-9H2,1-2H3,(H,14,20)(H,18,19). The third-order valence-corrected chi connectivity index (χ3v) is 3.42. The fraction of sp³-hybridized carbons (Fsp3) is 0.769. The summed E-state index contributed by atoms with van der Waals surface area (Å²) in [7, 11) is 0. The first kappa shape index (κ1) is 17.2. The molecule has 1 heterocycles. The Bertz CT molecular complexity index is 380. The van der Waals surface area contributed by atoms with E-state index in [1.165, 1.54) is 0 Å². The van der Waals surface area contributed by atoms with E-state index in [1.807, 2.05) is 4.90 Å². The summed E-state index contributed by atoms with van der Waals surface area (Å²) in [6.07, 6.45) is 0.148. The Morgan fingerprint density at radius 3 is 2.38 bits per heavy atom. The predicted molar refractivity (Wildman–Crippen MR) is 74.9 cm³/mol. The molecule has 0 spiro atoms. The maximum Gasteiger partial charge on any atom is 0.320 e. The van der Waals surface area contributed by atoms with E-state index in [0.717, 1.165) is 0 Å². The third-order valence-electron chi connectivity index (χ3n) is 3.42. The van der Waals surface area contributed by atoms with Crippen LogP contribution in [0.4, 0.5) is 4.79 Å². The summed E-state index contributed by atoms with van der Waals surface area (Å²) >= 11 is 0. The first-order valence-electron chi connectivity index (χ1n) is 7.11. The molecule has 1 fully saturated rings. The molecule has 0 aliphatic carbocycles. The lowest BCUT2D eigenvalue weighted by Gasteiger charge is -2.36. The van der Waals surface area contributed by atoms with Crippen LogP contribution >= 0.6 is 0 Å². The van der Waals surface area contributed by atoms with Gasteiger partial charge in [-0.05, 0) is 13.8 Å². The van der Waals surface area contributed by atoms with Gasteiger partial charge in [0.2, 0.25) is 0 Å². The van der Waals surface area contributed by atoms with Crippen LogP contribution < -0.4 is 5.32 Å². The second-order valence-corrected chi connectivity index (χ2v) is 4.82. The number of carbonyl (C=O) groups is 3. The topological polar surface area (TPSA) is 99.2 Å². The van der Waals surface area contributed by atoms with E-state index in [1.54, 1.807) is 18.7 Å². The zero-order valence-electron chi connectivity index (χ0n) is 12.5. The average Bonchev–Trinajstić information content (AvgIpc) is 2.46. The first-order chi connectivity index (χ1) is 9.95. The molecule has 0 bridgehead atoms. The Balaban J connectivity index is 2.26. The molecular weight excluding hydrogens is 278 g/mol. The monoisotopic (exact) mass is 301 g/mol. The molecule has 0 radical (unpaired) electrons. The molecule has 21 heavy (non-hydrogen) atoms. The van der Waals surface area contributed by atoms with Crippen LogP contribution in [0.3, 0.4) is 0 Å². The van der Waals surface area contributed by atoms with Crippen molar-refractivity contribution in [1.29, 1.82) is 0 Å². The molecule has 2 N–H and O–H groups in total. The van der Waals surface area contributed by atoms with E-state index >= 15 is 0 Å². The van der Waals surface area contributed by atoms with Crippen LogP contribution in [0.2, 0.25) is 0 Å². The number of nitrogens with one attached hydrogen (secondary N) is 1. The molecule has 1 unspecified atom stereocenters. The average molecular weight is 301 g/mol. The van der Waals surface area contributed by atoms with Crippen molar-refractivity contribution in [3.8, 4) is 0 Å². The van der Waals surface area contributed by atoms with E-state index in [0.29, 0.717) is 32.8 Å². The molecule has 0 aromatic heterocycles. The minimum absolute atomic E-state index is 0.148. The Morgan fingerprint density at radius 2 is 1.86 bits per heavy atom. The van der Waals surface area contributed by atoms with Crippen molar-refractivity contribution < 1.29 is 24.2 Å². The second kappa shape index (κ2) is 8.46. The normalized spacial score (nSPS) is 17.1. The van der Waals surface area contributed by atoms with Crippen LogP contribution in [0.1, 0.15) is 20.3 Å². The van der Waals surface area contributed by atoms with Gasteiger partial charge >= 0.3 is 18.0 Å². The largest absolute Gasteiger partial charge is 0.480 e. The lowest BCUT2D eigenvalue weighted by atomic mass is 10.2.